The topological polar surface area (TPSA) is 34.1 Å². The van der Waals surface area contributed by atoms with Gasteiger partial charge < -0.3 is 0 Å². The van der Waals surface area contributed by atoms with E-state index < -0.39 is 10.8 Å². The molecule has 3 aliphatic rings. The van der Waals surface area contributed by atoms with Crippen molar-refractivity contribution in [2.75, 3.05) is 0 Å². The lowest BCUT2D eigenvalue weighted by Crippen LogP contribution is -2.57. The van der Waals surface area contributed by atoms with E-state index in [2.05, 4.69) is 49.4 Å². The van der Waals surface area contributed by atoms with E-state index in [0.717, 1.165) is 43.8 Å². The molecule has 3 aliphatic carbocycles. The first-order valence-corrected chi connectivity index (χ1v) is 10.9. The molecule has 7 rings (SSSR count). The van der Waals surface area contributed by atoms with E-state index in [0.29, 0.717) is 12.8 Å². The summed E-state index contributed by atoms with van der Waals surface area (Å²) in [5.74, 6) is 0.200. The molecule has 0 fully saturated rings. The smallest absolute Gasteiger partial charge is 0.175 e. The molecule has 2 nitrogen and oxygen atoms in total. The highest BCUT2D eigenvalue weighted by Crippen LogP contribution is 2.63. The number of Topliss-reactive ketones (excluding diaryl/α,β-unsaturated/α-hetero) is 2. The van der Waals surface area contributed by atoms with Crippen LogP contribution < -0.4 is 0 Å². The number of ketones is 2. The molecule has 0 saturated heterocycles. The first-order chi connectivity index (χ1) is 15.1. The molecule has 0 aromatic heterocycles. The average molecular weight is 400 g/mol. The van der Waals surface area contributed by atoms with Gasteiger partial charge in [0.25, 0.3) is 0 Å². The van der Waals surface area contributed by atoms with E-state index >= 15 is 0 Å². The molecular weight excluding hydrogens is 380 g/mol. The summed E-state index contributed by atoms with van der Waals surface area (Å²) in [5, 5.41) is 4.20. The van der Waals surface area contributed by atoms with Gasteiger partial charge in [0.15, 0.2) is 11.6 Å². The number of hydrogen-bond acceptors (Lipinski definition) is 2. The van der Waals surface area contributed by atoms with Crippen LogP contribution in [0.1, 0.15) is 51.6 Å². The summed E-state index contributed by atoms with van der Waals surface area (Å²) in [5.41, 5.74) is 2.94. The molecule has 2 atom stereocenters. The van der Waals surface area contributed by atoms with Crippen molar-refractivity contribution in [1.82, 2.24) is 0 Å². The third-order valence-electron chi connectivity index (χ3n) is 8.02. The third-order valence-corrected chi connectivity index (χ3v) is 8.02. The number of fused-ring (bicyclic) bond motifs is 3. The lowest BCUT2D eigenvalue weighted by Gasteiger charge is -2.48. The van der Waals surface area contributed by atoms with Crippen molar-refractivity contribution in [3.05, 3.63) is 107 Å². The Labute approximate surface area is 180 Å². The van der Waals surface area contributed by atoms with Crippen molar-refractivity contribution >= 4 is 33.1 Å². The van der Waals surface area contributed by atoms with Gasteiger partial charge in [0.2, 0.25) is 0 Å². The first-order valence-electron chi connectivity index (χ1n) is 10.9. The normalized spacial score (nSPS) is 25.9. The Morgan fingerprint density at radius 2 is 1.13 bits per heavy atom. The minimum Gasteiger partial charge on any atom is -0.293 e. The van der Waals surface area contributed by atoms with Crippen LogP contribution in [-0.4, -0.2) is 11.6 Å². The Balaban J connectivity index is 1.67. The second kappa shape index (κ2) is 5.39. The van der Waals surface area contributed by atoms with Gasteiger partial charge in [-0.1, -0.05) is 84.4 Å². The molecule has 4 aromatic carbocycles. The maximum atomic E-state index is 14.4. The minimum absolute atomic E-state index is 0.0983. The quantitative estimate of drug-likeness (QED) is 0.325. The average Bonchev–Trinajstić information content (AvgIpc) is 3.18. The van der Waals surface area contributed by atoms with Gasteiger partial charge in [-0.2, -0.15) is 0 Å². The molecule has 2 spiro atoms. The van der Waals surface area contributed by atoms with Crippen molar-refractivity contribution in [2.45, 2.75) is 30.6 Å². The summed E-state index contributed by atoms with van der Waals surface area (Å²) in [6.45, 7) is 2.10. The van der Waals surface area contributed by atoms with Gasteiger partial charge in [-0.15, -0.1) is 0 Å². The predicted molar refractivity (Wildman–Crippen MR) is 123 cm³/mol. The van der Waals surface area contributed by atoms with E-state index in [1.807, 2.05) is 36.4 Å². The minimum atomic E-state index is -0.903. The van der Waals surface area contributed by atoms with Gasteiger partial charge in [-0.3, -0.25) is 9.59 Å². The SMILES string of the molecule is CC1=CC[C@@]2(C(=O)c3cccc4cccc2c34)[C@@]2(C1)C(=O)c1cccc3cccc2c13. The van der Waals surface area contributed by atoms with Crippen molar-refractivity contribution in [1.29, 1.82) is 0 Å². The standard InChI is InChI=1S/C29H20O2/c1-17-14-15-28(22-12-4-8-18-6-2-10-20(24(18)22)26(28)30)29(16-17)23-13-5-9-19-7-3-11-21(25(19)23)27(29)31/h2-14H,15-16H2,1H3/t28-,29-/m1/s1. The zero-order valence-electron chi connectivity index (χ0n) is 17.2. The van der Waals surface area contributed by atoms with Gasteiger partial charge in [-0.05, 0) is 52.4 Å². The molecule has 0 amide bonds. The molecule has 0 aliphatic heterocycles. The highest BCUT2D eigenvalue weighted by atomic mass is 16.1. The van der Waals surface area contributed by atoms with Gasteiger partial charge in [0.1, 0.15) is 0 Å². The van der Waals surface area contributed by atoms with E-state index in [1.165, 1.54) is 5.57 Å². The summed E-state index contributed by atoms with van der Waals surface area (Å²) in [4.78, 5) is 28.8. The lowest BCUT2D eigenvalue weighted by molar-refractivity contribution is 0.0659. The van der Waals surface area contributed by atoms with E-state index in [4.69, 9.17) is 0 Å². The summed E-state index contributed by atoms with van der Waals surface area (Å²) in [6.07, 6.45) is 3.32. The Morgan fingerprint density at radius 1 is 0.645 bits per heavy atom. The molecule has 0 radical (unpaired) electrons. The van der Waals surface area contributed by atoms with Crippen molar-refractivity contribution in [3.8, 4) is 0 Å². The highest BCUT2D eigenvalue weighted by Gasteiger charge is 2.67. The molecule has 148 valence electrons. The second-order valence-corrected chi connectivity index (χ2v) is 9.32. The first kappa shape index (κ1) is 17.2. The summed E-state index contributed by atoms with van der Waals surface area (Å²) in [6, 6.07) is 24.3. The molecule has 0 N–H and O–H groups in total. The van der Waals surface area contributed by atoms with Crippen LogP contribution in [0.15, 0.2) is 84.4 Å². The highest BCUT2D eigenvalue weighted by molar-refractivity contribution is 6.29. The van der Waals surface area contributed by atoms with Crippen LogP contribution in [-0.2, 0) is 10.8 Å². The largest absolute Gasteiger partial charge is 0.293 e. The molecule has 0 saturated carbocycles. The van der Waals surface area contributed by atoms with Crippen LogP contribution in [0.4, 0.5) is 0 Å². The van der Waals surface area contributed by atoms with E-state index in [9.17, 15) is 9.59 Å². The molecule has 31 heavy (non-hydrogen) atoms. The second-order valence-electron chi connectivity index (χ2n) is 9.32. The van der Waals surface area contributed by atoms with Crippen molar-refractivity contribution < 1.29 is 9.59 Å². The van der Waals surface area contributed by atoms with Crippen LogP contribution in [0.25, 0.3) is 21.5 Å². The predicted octanol–water partition coefficient (Wildman–Crippen LogP) is 6.30. The molecule has 2 heteroatoms. The number of hydrogen-bond donors (Lipinski definition) is 0. The van der Waals surface area contributed by atoms with Crippen molar-refractivity contribution in [2.24, 2.45) is 0 Å². The van der Waals surface area contributed by atoms with Gasteiger partial charge >= 0.3 is 0 Å². The summed E-state index contributed by atoms with van der Waals surface area (Å²) >= 11 is 0. The molecule has 0 unspecified atom stereocenters. The van der Waals surface area contributed by atoms with Crippen LogP contribution in [0, 0.1) is 0 Å². The maximum absolute atomic E-state index is 14.4. The number of benzene rings is 4. The fraction of sp³-hybridized carbons (Fsp3) is 0.172. The Hall–Kier alpha value is -3.52. The number of allylic oxidation sites excluding steroid dienone is 2. The summed E-state index contributed by atoms with van der Waals surface area (Å²) < 4.78 is 0. The Morgan fingerprint density at radius 3 is 1.71 bits per heavy atom. The van der Waals surface area contributed by atoms with Crippen LogP contribution in [0.5, 0.6) is 0 Å². The van der Waals surface area contributed by atoms with E-state index in [-0.39, 0.29) is 11.6 Å². The zero-order valence-corrected chi connectivity index (χ0v) is 17.2. The van der Waals surface area contributed by atoms with E-state index in [1.54, 1.807) is 0 Å². The van der Waals surface area contributed by atoms with Crippen LogP contribution in [0.3, 0.4) is 0 Å². The molecule has 4 aromatic rings. The fourth-order valence-electron chi connectivity index (χ4n) is 6.84. The van der Waals surface area contributed by atoms with Crippen LogP contribution in [0.2, 0.25) is 0 Å². The van der Waals surface area contributed by atoms with Crippen molar-refractivity contribution in [3.63, 3.8) is 0 Å². The van der Waals surface area contributed by atoms with Gasteiger partial charge in [-0.25, -0.2) is 0 Å². The number of rotatable bonds is 0. The number of carbonyl (C=O) groups is 2. The van der Waals surface area contributed by atoms with Gasteiger partial charge in [0.05, 0.1) is 10.8 Å². The molecular formula is C29H20O2. The third kappa shape index (κ3) is 1.70. The maximum Gasteiger partial charge on any atom is 0.175 e. The number of carbonyl (C=O) groups excluding carboxylic acids is 2. The Kier molecular flexibility index (Phi) is 2.99. The zero-order chi connectivity index (χ0) is 21.0. The van der Waals surface area contributed by atoms with Crippen LogP contribution >= 0.6 is 0 Å². The molecule has 0 bridgehead atoms. The summed E-state index contributed by atoms with van der Waals surface area (Å²) in [7, 11) is 0. The van der Waals surface area contributed by atoms with Gasteiger partial charge in [0, 0.05) is 11.1 Å². The fourth-order valence-corrected chi connectivity index (χ4v) is 6.84. The lowest BCUT2D eigenvalue weighted by atomic mass is 9.50. The monoisotopic (exact) mass is 400 g/mol. The molecule has 0 heterocycles. The Bertz CT molecular complexity index is 1530.